The van der Waals surface area contributed by atoms with E-state index in [9.17, 15) is 4.79 Å². The van der Waals surface area contributed by atoms with Crippen molar-refractivity contribution in [3.8, 4) is 0 Å². The first-order chi connectivity index (χ1) is 4.97. The van der Waals surface area contributed by atoms with Gasteiger partial charge >= 0.3 is 6.09 Å². The molecule has 0 saturated heterocycles. The quantitative estimate of drug-likeness (QED) is 0.624. The highest BCUT2D eigenvalue weighted by molar-refractivity contribution is 5.68. The number of carbonyl (C=O) groups is 1. The first-order valence-electron chi connectivity index (χ1n) is 3.80. The predicted octanol–water partition coefficient (Wildman–Crippen LogP) is 1.49. The van der Waals surface area contributed by atoms with Gasteiger partial charge in [0.2, 0.25) is 0 Å². The molecule has 1 radical (unpaired) electrons. The molecule has 0 aromatic carbocycles. The van der Waals surface area contributed by atoms with Crippen LogP contribution in [-0.4, -0.2) is 17.7 Å². The average molecular weight is 156 g/mol. The summed E-state index contributed by atoms with van der Waals surface area (Å²) in [7, 11) is 0. The Morgan fingerprint density at radius 2 is 2.18 bits per heavy atom. The molecule has 0 aliphatic heterocycles. The highest BCUT2D eigenvalue weighted by Crippen LogP contribution is 2.17. The molecule has 63 valence electrons. The van der Waals surface area contributed by atoms with E-state index >= 15 is 0 Å². The van der Waals surface area contributed by atoms with Gasteiger partial charge in [0.15, 0.2) is 0 Å². The van der Waals surface area contributed by atoms with Gasteiger partial charge in [0, 0.05) is 6.04 Å². The lowest BCUT2D eigenvalue weighted by Gasteiger charge is -2.19. The molecule has 0 unspecified atom stereocenters. The summed E-state index contributed by atoms with van der Waals surface area (Å²) in [4.78, 5) is 11.0. The lowest BCUT2D eigenvalue weighted by Crippen LogP contribution is -2.33. The van der Waals surface area contributed by atoms with Crippen LogP contribution in [0.5, 0.6) is 0 Å². The fourth-order valence-electron chi connectivity index (χ4n) is 0.645. The van der Waals surface area contributed by atoms with E-state index in [1.807, 2.05) is 27.2 Å². The van der Waals surface area contributed by atoms with Crippen molar-refractivity contribution in [2.75, 3.05) is 0 Å². The van der Waals surface area contributed by atoms with Gasteiger partial charge in [-0.3, -0.25) is 0 Å². The second-order valence-electron chi connectivity index (χ2n) is 3.72. The Morgan fingerprint density at radius 1 is 1.64 bits per heavy atom. The molecule has 1 N–H and O–H groups in total. The minimum absolute atomic E-state index is 0.254. The Balaban J connectivity index is 2.19. The van der Waals surface area contributed by atoms with Gasteiger partial charge in [0.05, 0.1) is 0 Å². The second kappa shape index (κ2) is 2.72. The van der Waals surface area contributed by atoms with Crippen LogP contribution < -0.4 is 5.32 Å². The smallest absolute Gasteiger partial charge is 0.407 e. The largest absolute Gasteiger partial charge is 0.444 e. The molecule has 11 heavy (non-hydrogen) atoms. The van der Waals surface area contributed by atoms with Crippen LogP contribution in [0.1, 0.15) is 27.2 Å². The van der Waals surface area contributed by atoms with Crippen LogP contribution in [0.15, 0.2) is 0 Å². The van der Waals surface area contributed by atoms with Crippen LogP contribution in [0, 0.1) is 6.42 Å². The van der Waals surface area contributed by atoms with Crippen molar-refractivity contribution in [2.45, 2.75) is 38.8 Å². The number of ether oxygens (including phenoxy) is 1. The number of carbonyl (C=O) groups excluding carboxylic acids is 1. The monoisotopic (exact) mass is 156 g/mol. The molecule has 1 aliphatic carbocycles. The third-order valence-corrected chi connectivity index (χ3v) is 1.17. The summed E-state index contributed by atoms with van der Waals surface area (Å²) in [6, 6.07) is 0.254. The minimum atomic E-state index is -0.390. The van der Waals surface area contributed by atoms with E-state index in [2.05, 4.69) is 5.32 Å². The lowest BCUT2D eigenvalue weighted by atomic mass is 10.2. The van der Waals surface area contributed by atoms with Gasteiger partial charge in [-0.15, -0.1) is 0 Å². The number of rotatable bonds is 1. The van der Waals surface area contributed by atoms with Crippen molar-refractivity contribution in [1.29, 1.82) is 0 Å². The van der Waals surface area contributed by atoms with Gasteiger partial charge < -0.3 is 10.1 Å². The van der Waals surface area contributed by atoms with Crippen LogP contribution in [0.25, 0.3) is 0 Å². The van der Waals surface area contributed by atoms with Gasteiger partial charge in [-0.05, 0) is 33.6 Å². The van der Waals surface area contributed by atoms with Crippen LogP contribution in [0.2, 0.25) is 0 Å². The van der Waals surface area contributed by atoms with E-state index in [-0.39, 0.29) is 17.7 Å². The maximum atomic E-state index is 11.0. The third kappa shape index (κ3) is 3.86. The number of alkyl carbamates (subject to hydrolysis) is 1. The SMILES string of the molecule is CC(C)(C)OC(=O)N[C@H]1[CH]C1. The van der Waals surface area contributed by atoms with Gasteiger partial charge in [-0.2, -0.15) is 0 Å². The van der Waals surface area contributed by atoms with Gasteiger partial charge in [-0.1, -0.05) is 0 Å². The summed E-state index contributed by atoms with van der Waals surface area (Å²) >= 11 is 0. The standard InChI is InChI=1S/C8H14NO2/c1-8(2,3)11-7(10)9-6-4-5-6/h4,6H,5H2,1-3H3,(H,9,10)/t6-/m0/s1. The molecule has 1 atom stereocenters. The molecule has 1 saturated carbocycles. The molecule has 1 amide bonds. The molecule has 0 heterocycles. The summed E-state index contributed by atoms with van der Waals surface area (Å²) in [6.07, 6.45) is 2.67. The van der Waals surface area contributed by atoms with Crippen LogP contribution in [-0.2, 0) is 4.74 Å². The summed E-state index contributed by atoms with van der Waals surface area (Å²) < 4.78 is 5.02. The highest BCUT2D eigenvalue weighted by atomic mass is 16.6. The molecule has 0 aromatic rings. The Kier molecular flexibility index (Phi) is 2.07. The van der Waals surface area contributed by atoms with Crippen LogP contribution in [0.4, 0.5) is 4.79 Å². The second-order valence-corrected chi connectivity index (χ2v) is 3.72. The van der Waals surface area contributed by atoms with Crippen molar-refractivity contribution in [2.24, 2.45) is 0 Å². The van der Waals surface area contributed by atoms with Crippen LogP contribution in [0.3, 0.4) is 0 Å². The molecule has 1 aliphatic rings. The van der Waals surface area contributed by atoms with E-state index < -0.39 is 0 Å². The predicted molar refractivity (Wildman–Crippen MR) is 42.1 cm³/mol. The van der Waals surface area contributed by atoms with Gasteiger partial charge in [-0.25, -0.2) is 4.79 Å². The summed E-state index contributed by atoms with van der Waals surface area (Å²) in [5.74, 6) is 0. The van der Waals surface area contributed by atoms with E-state index in [1.165, 1.54) is 0 Å². The van der Waals surface area contributed by atoms with Crippen molar-refractivity contribution >= 4 is 6.09 Å². The molecule has 3 nitrogen and oxygen atoms in total. The van der Waals surface area contributed by atoms with Crippen molar-refractivity contribution in [3.63, 3.8) is 0 Å². The molecular formula is C8H14NO2. The lowest BCUT2D eigenvalue weighted by molar-refractivity contribution is 0.0525. The normalized spacial score (nSPS) is 17.7. The molecule has 0 spiro atoms. The van der Waals surface area contributed by atoms with Crippen molar-refractivity contribution in [3.05, 3.63) is 6.42 Å². The number of amides is 1. The van der Waals surface area contributed by atoms with Gasteiger partial charge in [0.25, 0.3) is 0 Å². The number of hydrogen-bond acceptors (Lipinski definition) is 2. The Bertz CT molecular complexity index is 156. The van der Waals surface area contributed by atoms with E-state index in [0.717, 1.165) is 6.42 Å². The van der Waals surface area contributed by atoms with E-state index in [4.69, 9.17) is 4.74 Å². The fourth-order valence-corrected chi connectivity index (χ4v) is 0.645. The van der Waals surface area contributed by atoms with E-state index in [1.54, 1.807) is 0 Å². The summed E-state index contributed by atoms with van der Waals surface area (Å²) in [6.45, 7) is 5.55. The maximum Gasteiger partial charge on any atom is 0.407 e. The highest BCUT2D eigenvalue weighted by Gasteiger charge is 2.26. The molecule has 1 fully saturated rings. The van der Waals surface area contributed by atoms with Crippen molar-refractivity contribution in [1.82, 2.24) is 5.32 Å². The Labute approximate surface area is 67.1 Å². The number of nitrogens with one attached hydrogen (secondary N) is 1. The van der Waals surface area contributed by atoms with Crippen LogP contribution >= 0.6 is 0 Å². The zero-order valence-electron chi connectivity index (χ0n) is 7.18. The topological polar surface area (TPSA) is 38.3 Å². The average Bonchev–Trinajstić information content (AvgIpc) is 2.42. The first kappa shape index (κ1) is 8.37. The fraction of sp³-hybridized carbons (Fsp3) is 0.750. The molecule has 1 rings (SSSR count). The minimum Gasteiger partial charge on any atom is -0.444 e. The molecular weight excluding hydrogens is 142 g/mol. The summed E-state index contributed by atoms with van der Waals surface area (Å²) in [5, 5.41) is 2.69. The molecule has 3 heteroatoms. The number of hydrogen-bond donors (Lipinski definition) is 1. The molecule has 0 aromatic heterocycles. The summed E-state index contributed by atoms with van der Waals surface area (Å²) in [5.41, 5.74) is -0.390. The maximum absolute atomic E-state index is 11.0. The Morgan fingerprint density at radius 3 is 2.55 bits per heavy atom. The third-order valence-electron chi connectivity index (χ3n) is 1.17. The van der Waals surface area contributed by atoms with E-state index in [0.29, 0.717) is 0 Å². The van der Waals surface area contributed by atoms with Crippen molar-refractivity contribution < 1.29 is 9.53 Å². The van der Waals surface area contributed by atoms with Gasteiger partial charge in [0.1, 0.15) is 5.60 Å². The molecule has 0 bridgehead atoms. The zero-order valence-corrected chi connectivity index (χ0v) is 7.18. The first-order valence-corrected chi connectivity index (χ1v) is 3.80. The Hall–Kier alpha value is -0.730. The zero-order chi connectivity index (χ0) is 8.48.